The summed E-state index contributed by atoms with van der Waals surface area (Å²) < 4.78 is 44.2. The van der Waals surface area contributed by atoms with Crippen LogP contribution in [0.5, 0.6) is 5.75 Å². The number of hydrogen-bond acceptors (Lipinski definition) is 5. The molecule has 0 aliphatic carbocycles. The molecule has 4 rings (SSSR count). The number of carbonyl (C=O) groups excluding carboxylic acids is 2. The van der Waals surface area contributed by atoms with Gasteiger partial charge in [0.15, 0.2) is 5.60 Å². The monoisotopic (exact) mass is 572 g/mol. The van der Waals surface area contributed by atoms with E-state index in [-0.39, 0.29) is 29.6 Å². The van der Waals surface area contributed by atoms with E-state index in [0.717, 1.165) is 19.8 Å². The van der Waals surface area contributed by atoms with E-state index in [9.17, 15) is 22.8 Å². The number of rotatable bonds is 7. The SMILES string of the molecule is C[C@H](NC(=O)c1ccc(N2[C@@H]3CC[C@H]2CC(NC(=O)C(C)(C)Oc2ccc(Cl)cc2Cl)C3)nc1)C(F)(F)F. The number of piperidine rings is 1. The first kappa shape index (κ1) is 28.3. The molecule has 1 aromatic heterocycles. The molecule has 3 heterocycles. The summed E-state index contributed by atoms with van der Waals surface area (Å²) >= 11 is 12.1. The van der Waals surface area contributed by atoms with Crippen molar-refractivity contribution in [2.75, 3.05) is 4.90 Å². The van der Waals surface area contributed by atoms with E-state index in [0.29, 0.717) is 34.5 Å². The Morgan fingerprint density at radius 3 is 2.32 bits per heavy atom. The van der Waals surface area contributed by atoms with Gasteiger partial charge < -0.3 is 20.3 Å². The summed E-state index contributed by atoms with van der Waals surface area (Å²) in [6.45, 7) is 4.24. The number of halogens is 5. The highest BCUT2D eigenvalue weighted by atomic mass is 35.5. The third-order valence-corrected chi connectivity index (χ3v) is 7.52. The highest BCUT2D eigenvalue weighted by molar-refractivity contribution is 6.35. The zero-order valence-electron chi connectivity index (χ0n) is 21.1. The van der Waals surface area contributed by atoms with Crippen molar-refractivity contribution in [3.63, 3.8) is 0 Å². The average molecular weight is 573 g/mol. The van der Waals surface area contributed by atoms with Gasteiger partial charge in [-0.3, -0.25) is 9.59 Å². The standard InChI is InChI=1S/C26H29Cl2F3N4O3/c1-14(26(29,30)31)33-23(36)15-4-9-22(32-13-15)35-18-6-7-19(35)12-17(11-18)34-24(37)25(2,3)38-21-8-5-16(27)10-20(21)28/h4-5,8-10,13-14,17-19H,6-7,11-12H2,1-3H3,(H,33,36)(H,34,37)/t14-,17?,18-,19+/m0/s1. The summed E-state index contributed by atoms with van der Waals surface area (Å²) in [4.78, 5) is 31.8. The van der Waals surface area contributed by atoms with Crippen LogP contribution in [-0.4, -0.2) is 52.7 Å². The smallest absolute Gasteiger partial charge is 0.408 e. The first-order valence-corrected chi connectivity index (χ1v) is 13.1. The van der Waals surface area contributed by atoms with Crippen LogP contribution in [0, 0.1) is 0 Å². The number of pyridine rings is 1. The van der Waals surface area contributed by atoms with Gasteiger partial charge in [-0.25, -0.2) is 4.98 Å². The van der Waals surface area contributed by atoms with Crippen molar-refractivity contribution in [2.45, 2.75) is 82.4 Å². The number of fused-ring (bicyclic) bond motifs is 2. The molecule has 2 bridgehead atoms. The maximum absolute atomic E-state index is 13.1. The van der Waals surface area contributed by atoms with Gasteiger partial charge in [-0.15, -0.1) is 0 Å². The van der Waals surface area contributed by atoms with Crippen LogP contribution < -0.4 is 20.3 Å². The van der Waals surface area contributed by atoms with E-state index >= 15 is 0 Å². The third kappa shape index (κ3) is 6.29. The Morgan fingerprint density at radius 2 is 1.76 bits per heavy atom. The van der Waals surface area contributed by atoms with E-state index < -0.39 is 23.7 Å². The van der Waals surface area contributed by atoms with Crippen LogP contribution >= 0.6 is 23.2 Å². The van der Waals surface area contributed by atoms with E-state index in [4.69, 9.17) is 27.9 Å². The molecule has 1 unspecified atom stereocenters. The molecule has 2 aromatic rings. The normalized spacial score (nSPS) is 22.1. The fraction of sp³-hybridized carbons (Fsp3) is 0.500. The van der Waals surface area contributed by atoms with Crippen molar-refractivity contribution in [2.24, 2.45) is 0 Å². The van der Waals surface area contributed by atoms with E-state index in [1.165, 1.54) is 12.3 Å². The van der Waals surface area contributed by atoms with Gasteiger partial charge in [0.05, 0.1) is 10.6 Å². The number of amides is 2. The Hall–Kier alpha value is -2.72. The van der Waals surface area contributed by atoms with Crippen LogP contribution in [0.15, 0.2) is 36.5 Å². The number of benzene rings is 1. The third-order valence-electron chi connectivity index (χ3n) is 6.99. The lowest BCUT2D eigenvalue weighted by atomic mass is 9.96. The molecule has 2 N–H and O–H groups in total. The fourth-order valence-corrected chi connectivity index (χ4v) is 5.39. The summed E-state index contributed by atoms with van der Waals surface area (Å²) in [7, 11) is 0. The number of nitrogens with zero attached hydrogens (tertiary/aromatic N) is 2. The zero-order chi connectivity index (χ0) is 27.8. The number of hydrogen-bond donors (Lipinski definition) is 2. The zero-order valence-corrected chi connectivity index (χ0v) is 22.6. The van der Waals surface area contributed by atoms with E-state index in [1.807, 2.05) is 5.32 Å². The van der Waals surface area contributed by atoms with Crippen molar-refractivity contribution < 1.29 is 27.5 Å². The molecular formula is C26H29Cl2F3N4O3. The fourth-order valence-electron chi connectivity index (χ4n) is 4.94. The van der Waals surface area contributed by atoms with Gasteiger partial charge in [-0.2, -0.15) is 13.2 Å². The first-order chi connectivity index (χ1) is 17.7. The van der Waals surface area contributed by atoms with E-state index in [1.54, 1.807) is 38.1 Å². The molecule has 2 amide bonds. The number of alkyl halides is 3. The number of aromatic nitrogens is 1. The van der Waals surface area contributed by atoms with Gasteiger partial charge in [0.25, 0.3) is 11.8 Å². The highest BCUT2D eigenvalue weighted by Gasteiger charge is 2.43. The predicted molar refractivity (Wildman–Crippen MR) is 139 cm³/mol. The van der Waals surface area contributed by atoms with Crippen molar-refractivity contribution in [1.29, 1.82) is 0 Å². The maximum Gasteiger partial charge on any atom is 0.408 e. The minimum absolute atomic E-state index is 0.0577. The Bertz CT molecular complexity index is 1180. The summed E-state index contributed by atoms with van der Waals surface area (Å²) in [5.74, 6) is -0.0724. The Morgan fingerprint density at radius 1 is 1.11 bits per heavy atom. The maximum atomic E-state index is 13.1. The Labute approximate surface area is 229 Å². The molecule has 0 saturated carbocycles. The number of carbonyl (C=O) groups is 2. The lowest BCUT2D eigenvalue weighted by Crippen LogP contribution is -2.55. The van der Waals surface area contributed by atoms with Gasteiger partial charge in [0.1, 0.15) is 17.6 Å². The lowest BCUT2D eigenvalue weighted by Gasteiger charge is -2.40. The molecule has 38 heavy (non-hydrogen) atoms. The predicted octanol–water partition coefficient (Wildman–Crippen LogP) is 5.54. The van der Waals surface area contributed by atoms with E-state index in [2.05, 4.69) is 15.2 Å². The Balaban J connectivity index is 1.36. The highest BCUT2D eigenvalue weighted by Crippen LogP contribution is 2.39. The summed E-state index contributed by atoms with van der Waals surface area (Å²) in [5.41, 5.74) is -1.11. The molecule has 206 valence electrons. The first-order valence-electron chi connectivity index (χ1n) is 12.3. The summed E-state index contributed by atoms with van der Waals surface area (Å²) in [6, 6.07) is 6.19. The second kappa shape index (κ2) is 10.8. The molecule has 2 saturated heterocycles. The molecule has 12 heteroatoms. The second-order valence-corrected chi connectivity index (χ2v) is 11.1. The van der Waals surface area contributed by atoms with Gasteiger partial charge >= 0.3 is 6.18 Å². The Kier molecular flexibility index (Phi) is 8.04. The van der Waals surface area contributed by atoms with Crippen LogP contribution in [0.3, 0.4) is 0 Å². The molecule has 2 aliphatic heterocycles. The quantitative estimate of drug-likeness (QED) is 0.455. The number of nitrogens with one attached hydrogen (secondary N) is 2. The van der Waals surface area contributed by atoms with Crippen LogP contribution in [0.2, 0.25) is 10.0 Å². The lowest BCUT2D eigenvalue weighted by molar-refractivity contribution is -0.149. The summed E-state index contributed by atoms with van der Waals surface area (Å²) in [5, 5.41) is 5.84. The van der Waals surface area contributed by atoms with Crippen LogP contribution in [-0.2, 0) is 4.79 Å². The summed E-state index contributed by atoms with van der Waals surface area (Å²) in [6.07, 6.45) is 0.0176. The largest absolute Gasteiger partial charge is 0.476 e. The molecule has 7 nitrogen and oxygen atoms in total. The molecule has 4 atom stereocenters. The van der Waals surface area contributed by atoms with Crippen molar-refractivity contribution in [3.05, 3.63) is 52.1 Å². The molecule has 2 fully saturated rings. The molecule has 2 aliphatic rings. The van der Waals surface area contributed by atoms with Crippen LogP contribution in [0.4, 0.5) is 19.0 Å². The van der Waals surface area contributed by atoms with Gasteiger partial charge in [0, 0.05) is 29.3 Å². The van der Waals surface area contributed by atoms with Crippen LogP contribution in [0.1, 0.15) is 56.8 Å². The minimum atomic E-state index is -4.52. The minimum Gasteiger partial charge on any atom is -0.476 e. The molecule has 0 spiro atoms. The topological polar surface area (TPSA) is 83.6 Å². The van der Waals surface area contributed by atoms with Gasteiger partial charge in [-0.05, 0) is 76.8 Å². The van der Waals surface area contributed by atoms with Crippen molar-refractivity contribution >= 4 is 40.8 Å². The second-order valence-electron chi connectivity index (χ2n) is 10.3. The van der Waals surface area contributed by atoms with Gasteiger partial charge in [-0.1, -0.05) is 23.2 Å². The van der Waals surface area contributed by atoms with Gasteiger partial charge in [0.2, 0.25) is 0 Å². The van der Waals surface area contributed by atoms with Crippen LogP contribution in [0.25, 0.3) is 0 Å². The number of anilines is 1. The number of ether oxygens (including phenoxy) is 1. The molecular weight excluding hydrogens is 544 g/mol. The molecule has 1 aromatic carbocycles. The molecule has 0 radical (unpaired) electrons. The average Bonchev–Trinajstić information content (AvgIpc) is 3.10. The van der Waals surface area contributed by atoms with Crippen molar-refractivity contribution in [1.82, 2.24) is 15.6 Å². The van der Waals surface area contributed by atoms with Crippen molar-refractivity contribution in [3.8, 4) is 5.75 Å².